The molecule has 0 N–H and O–H groups in total. The number of halogens is 1. The molecule has 1 saturated heterocycles. The van der Waals surface area contributed by atoms with Gasteiger partial charge in [-0.1, -0.05) is 11.6 Å². The lowest BCUT2D eigenvalue weighted by Gasteiger charge is -2.34. The molecule has 3 rings (SSSR count). The van der Waals surface area contributed by atoms with Crippen LogP contribution in [-0.4, -0.2) is 56.4 Å². The first kappa shape index (κ1) is 21.9. The van der Waals surface area contributed by atoms with Crippen LogP contribution in [0.25, 0.3) is 0 Å². The third-order valence-corrected chi connectivity index (χ3v) is 7.41. The first-order chi connectivity index (χ1) is 13.7. The summed E-state index contributed by atoms with van der Waals surface area (Å²) in [5.74, 6) is -1.07. The van der Waals surface area contributed by atoms with Gasteiger partial charge < -0.3 is 9.47 Å². The van der Waals surface area contributed by atoms with E-state index in [1.165, 1.54) is 28.6 Å². The van der Waals surface area contributed by atoms with Crippen molar-refractivity contribution in [3.05, 3.63) is 51.2 Å². The molecular weight excluding hydrogens is 438 g/mol. The Morgan fingerprint density at radius 3 is 2.31 bits per heavy atom. The van der Waals surface area contributed by atoms with Crippen molar-refractivity contribution in [2.24, 2.45) is 0 Å². The number of carbonyl (C=O) groups excluding carboxylic acids is 2. The molecule has 156 valence electrons. The van der Waals surface area contributed by atoms with Crippen LogP contribution in [0.3, 0.4) is 0 Å². The summed E-state index contributed by atoms with van der Waals surface area (Å²) < 4.78 is 38.1. The van der Waals surface area contributed by atoms with E-state index in [4.69, 9.17) is 21.1 Å². The topological polar surface area (TPSA) is 90.0 Å². The number of sulfonamides is 1. The fourth-order valence-corrected chi connectivity index (χ4v) is 5.55. The molecule has 1 aromatic heterocycles. The maximum absolute atomic E-state index is 12.8. The molecule has 0 bridgehead atoms. The zero-order valence-electron chi connectivity index (χ0n) is 15.8. The molecule has 0 saturated carbocycles. The van der Waals surface area contributed by atoms with E-state index in [1.54, 1.807) is 12.1 Å². The van der Waals surface area contributed by atoms with Gasteiger partial charge in [0.1, 0.15) is 0 Å². The molecular formula is C19H20ClNO6S2. The van der Waals surface area contributed by atoms with Gasteiger partial charge in [-0.15, -0.1) is 11.3 Å². The van der Waals surface area contributed by atoms with Crippen molar-refractivity contribution in [3.63, 3.8) is 0 Å². The average molecular weight is 458 g/mol. The molecule has 1 aromatic carbocycles. The molecule has 2 unspecified atom stereocenters. The number of hydrogen-bond donors (Lipinski definition) is 0. The number of thiophene rings is 1. The SMILES string of the molecule is CC1CN(S(=O)(=O)c2ccc(C(=O)OCC(=O)c3ccc(Cl)s3)cc2)CC(C)O1. The van der Waals surface area contributed by atoms with Gasteiger partial charge in [0.25, 0.3) is 0 Å². The minimum Gasteiger partial charge on any atom is -0.454 e. The molecule has 0 aliphatic carbocycles. The molecule has 2 aromatic rings. The number of benzene rings is 1. The van der Waals surface area contributed by atoms with Crippen LogP contribution in [0.2, 0.25) is 4.34 Å². The second kappa shape index (κ2) is 8.93. The lowest BCUT2D eigenvalue weighted by atomic mass is 10.2. The Bertz CT molecular complexity index is 992. The molecule has 1 fully saturated rings. The van der Waals surface area contributed by atoms with E-state index in [1.807, 2.05) is 13.8 Å². The lowest BCUT2D eigenvalue weighted by Crippen LogP contribution is -2.48. The van der Waals surface area contributed by atoms with E-state index in [-0.39, 0.29) is 41.5 Å². The lowest BCUT2D eigenvalue weighted by molar-refractivity contribution is -0.0440. The number of nitrogens with zero attached hydrogens (tertiary/aromatic N) is 1. The molecule has 0 amide bonds. The molecule has 1 aliphatic heterocycles. The van der Waals surface area contributed by atoms with Gasteiger partial charge in [-0.2, -0.15) is 4.31 Å². The predicted molar refractivity (Wildman–Crippen MR) is 109 cm³/mol. The smallest absolute Gasteiger partial charge is 0.338 e. The summed E-state index contributed by atoms with van der Waals surface area (Å²) in [6.45, 7) is 3.77. The van der Waals surface area contributed by atoms with Gasteiger partial charge in [-0.05, 0) is 50.2 Å². The van der Waals surface area contributed by atoms with E-state index < -0.39 is 22.6 Å². The van der Waals surface area contributed by atoms with Crippen LogP contribution in [0, 0.1) is 0 Å². The molecule has 2 atom stereocenters. The highest BCUT2D eigenvalue weighted by atomic mass is 35.5. The number of esters is 1. The number of morpholine rings is 1. The van der Waals surface area contributed by atoms with Crippen molar-refractivity contribution in [3.8, 4) is 0 Å². The Hall–Kier alpha value is -1.78. The Morgan fingerprint density at radius 2 is 1.76 bits per heavy atom. The Labute approximate surface area is 178 Å². The monoisotopic (exact) mass is 457 g/mol. The van der Waals surface area contributed by atoms with Gasteiger partial charge in [0.15, 0.2) is 6.61 Å². The quantitative estimate of drug-likeness (QED) is 0.488. The third-order valence-electron chi connectivity index (χ3n) is 4.30. The van der Waals surface area contributed by atoms with Gasteiger partial charge in [0.2, 0.25) is 15.8 Å². The normalized spacial score (nSPS) is 20.4. The predicted octanol–water partition coefficient (Wildman–Crippen LogP) is 3.24. The van der Waals surface area contributed by atoms with Gasteiger partial charge in [0, 0.05) is 13.1 Å². The number of ketones is 1. The molecule has 2 heterocycles. The van der Waals surface area contributed by atoms with Crippen molar-refractivity contribution in [2.45, 2.75) is 31.0 Å². The van der Waals surface area contributed by atoms with Crippen LogP contribution in [0.4, 0.5) is 0 Å². The van der Waals surface area contributed by atoms with Crippen molar-refractivity contribution < 1.29 is 27.5 Å². The van der Waals surface area contributed by atoms with E-state index in [9.17, 15) is 18.0 Å². The van der Waals surface area contributed by atoms with Crippen LogP contribution in [0.15, 0.2) is 41.3 Å². The number of rotatable bonds is 6. The summed E-state index contributed by atoms with van der Waals surface area (Å²) in [6.07, 6.45) is -0.392. The second-order valence-corrected chi connectivity index (χ2v) is 10.4. The summed E-state index contributed by atoms with van der Waals surface area (Å²) in [7, 11) is -3.69. The van der Waals surface area contributed by atoms with Crippen molar-refractivity contribution >= 4 is 44.7 Å². The minimum atomic E-state index is -3.69. The maximum Gasteiger partial charge on any atom is 0.338 e. The summed E-state index contributed by atoms with van der Waals surface area (Å²) in [4.78, 5) is 24.6. The molecule has 29 heavy (non-hydrogen) atoms. The van der Waals surface area contributed by atoms with E-state index >= 15 is 0 Å². The third kappa shape index (κ3) is 5.23. The summed E-state index contributed by atoms with van der Waals surface area (Å²) in [5.41, 5.74) is 0.157. The minimum absolute atomic E-state index is 0.0830. The van der Waals surface area contributed by atoms with Crippen LogP contribution >= 0.6 is 22.9 Å². The number of carbonyl (C=O) groups is 2. The molecule has 0 radical (unpaired) electrons. The van der Waals surface area contributed by atoms with Gasteiger partial charge in [-0.3, -0.25) is 4.79 Å². The first-order valence-corrected chi connectivity index (χ1v) is 11.5. The van der Waals surface area contributed by atoms with Crippen molar-refractivity contribution in [1.29, 1.82) is 0 Å². The number of ether oxygens (including phenoxy) is 2. The van der Waals surface area contributed by atoms with Crippen molar-refractivity contribution in [1.82, 2.24) is 4.31 Å². The highest BCUT2D eigenvalue weighted by Crippen LogP contribution is 2.23. The summed E-state index contributed by atoms with van der Waals surface area (Å²) in [5, 5.41) is 0. The second-order valence-electron chi connectivity index (χ2n) is 6.71. The fourth-order valence-electron chi connectivity index (χ4n) is 2.99. The zero-order chi connectivity index (χ0) is 21.2. The van der Waals surface area contributed by atoms with E-state index in [0.29, 0.717) is 9.21 Å². The largest absolute Gasteiger partial charge is 0.454 e. The van der Waals surface area contributed by atoms with Crippen LogP contribution in [0.1, 0.15) is 33.9 Å². The van der Waals surface area contributed by atoms with Gasteiger partial charge in [-0.25, -0.2) is 13.2 Å². The van der Waals surface area contributed by atoms with Gasteiger partial charge in [0.05, 0.1) is 31.9 Å². The Morgan fingerprint density at radius 1 is 1.14 bits per heavy atom. The summed E-state index contributed by atoms with van der Waals surface area (Å²) >= 11 is 6.89. The number of Topliss-reactive ketones (excluding diaryl/α,β-unsaturated/α-hetero) is 1. The number of hydrogen-bond acceptors (Lipinski definition) is 7. The molecule has 10 heteroatoms. The average Bonchev–Trinajstić information content (AvgIpc) is 3.11. The first-order valence-electron chi connectivity index (χ1n) is 8.88. The molecule has 1 aliphatic rings. The van der Waals surface area contributed by atoms with E-state index in [2.05, 4.69) is 0 Å². The van der Waals surface area contributed by atoms with Crippen LogP contribution in [-0.2, 0) is 19.5 Å². The molecule has 0 spiro atoms. The Kier molecular flexibility index (Phi) is 6.75. The van der Waals surface area contributed by atoms with Crippen LogP contribution in [0.5, 0.6) is 0 Å². The van der Waals surface area contributed by atoms with Crippen LogP contribution < -0.4 is 0 Å². The highest BCUT2D eigenvalue weighted by molar-refractivity contribution is 7.89. The standard InChI is InChI=1S/C19H20ClNO6S2/c1-12-9-21(10-13(2)27-12)29(24,25)15-5-3-14(4-6-15)19(23)26-11-16(22)17-7-8-18(20)28-17/h3-8,12-13H,9-11H2,1-2H3. The van der Waals surface area contributed by atoms with Gasteiger partial charge >= 0.3 is 5.97 Å². The summed E-state index contributed by atoms with van der Waals surface area (Å²) in [6, 6.07) is 8.62. The Balaban J connectivity index is 1.64. The maximum atomic E-state index is 12.8. The fraction of sp³-hybridized carbons (Fsp3) is 0.368. The van der Waals surface area contributed by atoms with Crippen molar-refractivity contribution in [2.75, 3.05) is 19.7 Å². The molecule has 7 nitrogen and oxygen atoms in total. The van der Waals surface area contributed by atoms with E-state index in [0.717, 1.165) is 11.3 Å². The zero-order valence-corrected chi connectivity index (χ0v) is 18.2. The highest BCUT2D eigenvalue weighted by Gasteiger charge is 2.32.